The molecule has 0 aliphatic heterocycles. The fraction of sp³-hybridized carbons (Fsp3) is 0.250. The topological polar surface area (TPSA) is 78.0 Å². The van der Waals surface area contributed by atoms with E-state index in [-0.39, 0.29) is 18.7 Å². The summed E-state index contributed by atoms with van der Waals surface area (Å²) >= 11 is 0. The van der Waals surface area contributed by atoms with Crippen LogP contribution in [0.1, 0.15) is 18.2 Å². The van der Waals surface area contributed by atoms with Gasteiger partial charge in [0.25, 0.3) is 5.56 Å². The van der Waals surface area contributed by atoms with Crippen molar-refractivity contribution in [3.63, 3.8) is 0 Å². The van der Waals surface area contributed by atoms with Gasteiger partial charge in [-0.2, -0.15) is 5.10 Å². The molecule has 0 amide bonds. The van der Waals surface area contributed by atoms with Gasteiger partial charge in [-0.3, -0.25) is 9.36 Å². The van der Waals surface area contributed by atoms with Crippen LogP contribution in [0.15, 0.2) is 59.4 Å². The number of allylic oxidation sites excluding steroid dienone is 1. The van der Waals surface area contributed by atoms with E-state index in [0.717, 1.165) is 16.8 Å². The van der Waals surface area contributed by atoms with Crippen molar-refractivity contribution < 1.29 is 14.6 Å². The van der Waals surface area contributed by atoms with Gasteiger partial charge in [0.15, 0.2) is 11.5 Å². The average Bonchev–Trinajstić information content (AvgIpc) is 3.17. The van der Waals surface area contributed by atoms with Gasteiger partial charge < -0.3 is 14.6 Å². The molecule has 1 unspecified atom stereocenters. The largest absolute Gasteiger partial charge is 0.493 e. The summed E-state index contributed by atoms with van der Waals surface area (Å²) < 4.78 is 14.5. The van der Waals surface area contributed by atoms with Gasteiger partial charge in [-0.05, 0) is 43.7 Å². The number of benzene rings is 2. The Morgan fingerprint density at radius 1 is 1.16 bits per heavy atom. The van der Waals surface area contributed by atoms with Gasteiger partial charge in [0, 0.05) is 6.07 Å². The molecule has 0 saturated carbocycles. The molecule has 2 aromatic heterocycles. The van der Waals surface area contributed by atoms with Crippen LogP contribution >= 0.6 is 0 Å². The van der Waals surface area contributed by atoms with Gasteiger partial charge >= 0.3 is 0 Å². The van der Waals surface area contributed by atoms with E-state index in [0.29, 0.717) is 22.5 Å². The molecule has 0 bridgehead atoms. The number of hydrogen-bond acceptors (Lipinski definition) is 5. The average molecular weight is 419 g/mol. The highest BCUT2D eigenvalue weighted by molar-refractivity contribution is 5.80. The molecule has 31 heavy (non-hydrogen) atoms. The molecular weight excluding hydrogens is 394 g/mol. The zero-order chi connectivity index (χ0) is 22.0. The number of hydrogen-bond donors (Lipinski definition) is 1. The normalized spacial score (nSPS) is 12.6. The third kappa shape index (κ3) is 4.04. The van der Waals surface area contributed by atoms with Crippen LogP contribution in [0.4, 0.5) is 0 Å². The maximum Gasteiger partial charge on any atom is 0.261 e. The Balaban J connectivity index is 1.60. The van der Waals surface area contributed by atoms with Crippen LogP contribution in [-0.2, 0) is 6.54 Å². The number of aromatic nitrogens is 3. The summed E-state index contributed by atoms with van der Waals surface area (Å²) in [5, 5.41) is 15.7. The van der Waals surface area contributed by atoms with E-state index in [4.69, 9.17) is 9.47 Å². The van der Waals surface area contributed by atoms with Crippen molar-refractivity contribution in [2.45, 2.75) is 26.5 Å². The first-order valence-electron chi connectivity index (χ1n) is 10.1. The SMILES string of the molecule is C/C=C/c1ccc(OCC(O)Cn2c(=O)c3ccccc3n3nc(C)cc23)c(OC)c1. The monoisotopic (exact) mass is 419 g/mol. The van der Waals surface area contributed by atoms with Crippen molar-refractivity contribution in [2.75, 3.05) is 13.7 Å². The maximum absolute atomic E-state index is 13.1. The molecule has 0 aliphatic rings. The van der Waals surface area contributed by atoms with Crippen molar-refractivity contribution in [2.24, 2.45) is 0 Å². The maximum atomic E-state index is 13.1. The molecule has 0 fully saturated rings. The highest BCUT2D eigenvalue weighted by atomic mass is 16.5. The molecule has 0 saturated heterocycles. The second-order valence-electron chi connectivity index (χ2n) is 7.36. The van der Waals surface area contributed by atoms with E-state index < -0.39 is 6.10 Å². The van der Waals surface area contributed by atoms with Crippen LogP contribution in [-0.4, -0.2) is 39.1 Å². The number of rotatable bonds is 7. The number of aliphatic hydroxyl groups excluding tert-OH is 1. The number of nitrogens with zero attached hydrogens (tertiary/aromatic N) is 3. The highest BCUT2D eigenvalue weighted by Crippen LogP contribution is 2.28. The number of aryl methyl sites for hydroxylation is 1. The Morgan fingerprint density at radius 3 is 2.74 bits per heavy atom. The smallest absolute Gasteiger partial charge is 0.261 e. The van der Waals surface area contributed by atoms with Gasteiger partial charge in [-0.25, -0.2) is 4.52 Å². The van der Waals surface area contributed by atoms with Crippen LogP contribution in [0.2, 0.25) is 0 Å². The Bertz CT molecular complexity index is 1320. The van der Waals surface area contributed by atoms with Crippen LogP contribution in [0, 0.1) is 6.92 Å². The summed E-state index contributed by atoms with van der Waals surface area (Å²) in [4.78, 5) is 13.1. The fourth-order valence-electron chi connectivity index (χ4n) is 3.67. The summed E-state index contributed by atoms with van der Waals surface area (Å²) in [7, 11) is 1.57. The van der Waals surface area contributed by atoms with E-state index in [1.165, 1.54) is 0 Å². The van der Waals surface area contributed by atoms with E-state index in [2.05, 4.69) is 5.10 Å². The first-order chi connectivity index (χ1) is 15.0. The lowest BCUT2D eigenvalue weighted by Gasteiger charge is -2.17. The van der Waals surface area contributed by atoms with Crippen LogP contribution in [0.25, 0.3) is 22.6 Å². The predicted molar refractivity (Wildman–Crippen MR) is 121 cm³/mol. The zero-order valence-corrected chi connectivity index (χ0v) is 17.8. The minimum Gasteiger partial charge on any atom is -0.493 e. The first kappa shape index (κ1) is 20.7. The molecule has 0 aliphatic carbocycles. The number of aliphatic hydroxyl groups is 1. The van der Waals surface area contributed by atoms with E-state index >= 15 is 0 Å². The summed E-state index contributed by atoms with van der Waals surface area (Å²) in [5.41, 5.74) is 2.99. The van der Waals surface area contributed by atoms with Crippen LogP contribution < -0.4 is 15.0 Å². The van der Waals surface area contributed by atoms with Gasteiger partial charge in [-0.1, -0.05) is 30.4 Å². The number of methoxy groups -OCH3 is 1. The van der Waals surface area contributed by atoms with E-state index in [1.807, 2.05) is 68.5 Å². The van der Waals surface area contributed by atoms with Crippen molar-refractivity contribution in [3.8, 4) is 11.5 Å². The van der Waals surface area contributed by atoms with Gasteiger partial charge in [0.1, 0.15) is 18.4 Å². The fourth-order valence-corrected chi connectivity index (χ4v) is 3.67. The summed E-state index contributed by atoms with van der Waals surface area (Å²) in [6, 6.07) is 14.8. The third-order valence-electron chi connectivity index (χ3n) is 5.07. The molecule has 4 aromatic rings. The van der Waals surface area contributed by atoms with Gasteiger partial charge in [0.2, 0.25) is 0 Å². The lowest BCUT2D eigenvalue weighted by atomic mass is 10.2. The lowest BCUT2D eigenvalue weighted by molar-refractivity contribution is 0.0910. The molecule has 2 heterocycles. The second-order valence-corrected chi connectivity index (χ2v) is 7.36. The molecule has 7 nitrogen and oxygen atoms in total. The third-order valence-corrected chi connectivity index (χ3v) is 5.07. The molecular formula is C24H25N3O4. The van der Waals surface area contributed by atoms with Crippen LogP contribution in [0.3, 0.4) is 0 Å². The highest BCUT2D eigenvalue weighted by Gasteiger charge is 2.16. The first-order valence-corrected chi connectivity index (χ1v) is 10.1. The minimum absolute atomic E-state index is 0.0118. The van der Waals surface area contributed by atoms with Crippen molar-refractivity contribution >= 4 is 22.6 Å². The van der Waals surface area contributed by atoms with Crippen molar-refractivity contribution in [1.82, 2.24) is 14.2 Å². The van der Waals surface area contributed by atoms with Gasteiger partial charge in [-0.15, -0.1) is 0 Å². The molecule has 0 radical (unpaired) electrons. The minimum atomic E-state index is -0.905. The molecule has 7 heteroatoms. The Labute approximate surface area is 179 Å². The molecule has 2 aromatic carbocycles. The van der Waals surface area contributed by atoms with Gasteiger partial charge in [0.05, 0.1) is 30.3 Å². The van der Waals surface area contributed by atoms with E-state index in [9.17, 15) is 9.90 Å². The summed E-state index contributed by atoms with van der Waals surface area (Å²) in [5.74, 6) is 1.12. The number of fused-ring (bicyclic) bond motifs is 3. The molecule has 160 valence electrons. The number of ether oxygens (including phenoxy) is 2. The van der Waals surface area contributed by atoms with Crippen molar-refractivity contribution in [1.29, 1.82) is 0 Å². The quantitative estimate of drug-likeness (QED) is 0.497. The molecule has 1 N–H and O–H groups in total. The van der Waals surface area contributed by atoms with Crippen molar-refractivity contribution in [3.05, 3.63) is 76.2 Å². The Kier molecular flexibility index (Phi) is 5.77. The van der Waals surface area contributed by atoms with Crippen LogP contribution in [0.5, 0.6) is 11.5 Å². The second kappa shape index (κ2) is 8.65. The summed E-state index contributed by atoms with van der Waals surface area (Å²) in [6.45, 7) is 3.91. The number of para-hydroxylation sites is 1. The Morgan fingerprint density at radius 2 is 1.97 bits per heavy atom. The predicted octanol–water partition coefficient (Wildman–Crippen LogP) is 3.44. The van der Waals surface area contributed by atoms with E-state index in [1.54, 1.807) is 22.3 Å². The summed E-state index contributed by atoms with van der Waals surface area (Å²) in [6.07, 6.45) is 3.00. The zero-order valence-electron chi connectivity index (χ0n) is 17.8. The Hall–Kier alpha value is -3.58. The lowest BCUT2D eigenvalue weighted by Crippen LogP contribution is -2.31. The molecule has 4 rings (SSSR count). The molecule has 1 atom stereocenters. The standard InChI is InChI=1S/C24H25N3O4/c1-4-7-17-10-11-21(22(13-17)30-3)31-15-18(28)14-26-23-12-16(2)25-27(23)20-9-6-5-8-19(20)24(26)29/h4-13,18,28H,14-15H2,1-3H3/b7-4+. The molecule has 0 spiro atoms.